The molecule has 1 saturated heterocycles. The smallest absolute Gasteiger partial charge is 0.125 e. The van der Waals surface area contributed by atoms with Crippen LogP contribution in [0.3, 0.4) is 0 Å². The lowest BCUT2D eigenvalue weighted by atomic mass is 10.0. The molecule has 0 aromatic carbocycles. The van der Waals surface area contributed by atoms with Crippen LogP contribution in [-0.2, 0) is 4.74 Å². The van der Waals surface area contributed by atoms with Gasteiger partial charge in [0.05, 0.1) is 0 Å². The van der Waals surface area contributed by atoms with Gasteiger partial charge in [-0.1, -0.05) is 0 Å². The largest absolute Gasteiger partial charge is 0.385 e. The minimum atomic E-state index is 0.562. The Labute approximate surface area is 89.8 Å². The molecule has 1 aliphatic heterocycles. The summed E-state index contributed by atoms with van der Waals surface area (Å²) < 4.78 is 5.31. The third-order valence-corrected chi connectivity index (χ3v) is 2.72. The zero-order valence-corrected chi connectivity index (χ0v) is 8.78. The van der Waals surface area contributed by atoms with Gasteiger partial charge in [0, 0.05) is 37.7 Å². The van der Waals surface area contributed by atoms with Crippen molar-refractivity contribution in [3.63, 3.8) is 0 Å². The first kappa shape index (κ1) is 10.2. The number of ether oxygens (including phenoxy) is 1. The summed E-state index contributed by atoms with van der Waals surface area (Å²) in [5.74, 6) is 1.28. The zero-order valence-electron chi connectivity index (χ0n) is 8.78. The molecule has 0 amide bonds. The zero-order chi connectivity index (χ0) is 10.5. The Bertz CT molecular complexity index is 310. The highest BCUT2D eigenvalue weighted by atomic mass is 16.5. The highest BCUT2D eigenvalue weighted by Crippen LogP contribution is 2.16. The summed E-state index contributed by atoms with van der Waals surface area (Å²) in [6.45, 7) is 2.78. The number of nitrogens with two attached hydrogens (primary N) is 1. The third kappa shape index (κ3) is 3.09. The van der Waals surface area contributed by atoms with E-state index in [1.54, 1.807) is 6.20 Å². The van der Waals surface area contributed by atoms with Gasteiger partial charge in [0.1, 0.15) is 5.82 Å². The summed E-state index contributed by atoms with van der Waals surface area (Å²) in [6, 6.07) is 3.80. The van der Waals surface area contributed by atoms with E-state index >= 15 is 0 Å². The molecule has 0 bridgehead atoms. The van der Waals surface area contributed by atoms with Crippen LogP contribution in [-0.4, -0.2) is 24.7 Å². The number of nitrogens with zero attached hydrogens (tertiary/aromatic N) is 1. The van der Waals surface area contributed by atoms with Crippen LogP contribution < -0.4 is 11.1 Å². The SMILES string of the molecule is Nc1cc(NCC2CCOCC2)ccn1. The van der Waals surface area contributed by atoms with Crippen molar-refractivity contribution in [2.24, 2.45) is 5.92 Å². The number of hydrogen-bond acceptors (Lipinski definition) is 4. The Hall–Kier alpha value is -1.29. The van der Waals surface area contributed by atoms with Gasteiger partial charge in [-0.3, -0.25) is 0 Å². The van der Waals surface area contributed by atoms with E-state index in [1.807, 2.05) is 12.1 Å². The van der Waals surface area contributed by atoms with Crippen LogP contribution in [0.15, 0.2) is 18.3 Å². The maximum absolute atomic E-state index is 5.60. The van der Waals surface area contributed by atoms with Gasteiger partial charge >= 0.3 is 0 Å². The van der Waals surface area contributed by atoms with Crippen molar-refractivity contribution in [1.82, 2.24) is 4.98 Å². The van der Waals surface area contributed by atoms with Crippen LogP contribution in [0.2, 0.25) is 0 Å². The van der Waals surface area contributed by atoms with E-state index in [-0.39, 0.29) is 0 Å². The predicted octanol–water partition coefficient (Wildman–Crippen LogP) is 1.50. The van der Waals surface area contributed by atoms with E-state index in [9.17, 15) is 0 Å². The average molecular weight is 207 g/mol. The molecule has 1 aromatic heterocycles. The lowest BCUT2D eigenvalue weighted by Gasteiger charge is -2.22. The van der Waals surface area contributed by atoms with Gasteiger partial charge in [0.2, 0.25) is 0 Å². The molecule has 3 N–H and O–H groups in total. The van der Waals surface area contributed by atoms with E-state index in [2.05, 4.69) is 10.3 Å². The summed E-state index contributed by atoms with van der Waals surface area (Å²) in [5, 5.41) is 3.38. The topological polar surface area (TPSA) is 60.2 Å². The van der Waals surface area contributed by atoms with Crippen LogP contribution in [0.4, 0.5) is 11.5 Å². The lowest BCUT2D eigenvalue weighted by Crippen LogP contribution is -2.22. The summed E-state index contributed by atoms with van der Waals surface area (Å²) in [6.07, 6.45) is 4.02. The molecule has 0 saturated carbocycles. The van der Waals surface area contributed by atoms with Crippen molar-refractivity contribution in [3.8, 4) is 0 Å². The molecular weight excluding hydrogens is 190 g/mol. The van der Waals surface area contributed by atoms with Gasteiger partial charge in [-0.2, -0.15) is 0 Å². The molecule has 15 heavy (non-hydrogen) atoms. The van der Waals surface area contributed by atoms with Crippen molar-refractivity contribution < 1.29 is 4.74 Å². The molecule has 4 heteroatoms. The minimum absolute atomic E-state index is 0.562. The summed E-state index contributed by atoms with van der Waals surface area (Å²) in [4.78, 5) is 3.95. The molecule has 82 valence electrons. The number of anilines is 2. The summed E-state index contributed by atoms with van der Waals surface area (Å²) in [5.41, 5.74) is 6.65. The maximum Gasteiger partial charge on any atom is 0.125 e. The Balaban J connectivity index is 1.81. The highest BCUT2D eigenvalue weighted by Gasteiger charge is 2.12. The second-order valence-electron chi connectivity index (χ2n) is 3.91. The van der Waals surface area contributed by atoms with Crippen LogP contribution in [0.1, 0.15) is 12.8 Å². The Kier molecular flexibility index (Phi) is 3.40. The van der Waals surface area contributed by atoms with E-state index in [1.165, 1.54) is 0 Å². The number of rotatable bonds is 3. The van der Waals surface area contributed by atoms with Crippen molar-refractivity contribution in [1.29, 1.82) is 0 Å². The Morgan fingerprint density at radius 2 is 2.27 bits per heavy atom. The molecular formula is C11H17N3O. The second-order valence-corrected chi connectivity index (χ2v) is 3.91. The van der Waals surface area contributed by atoms with E-state index in [0.717, 1.165) is 38.3 Å². The van der Waals surface area contributed by atoms with Crippen molar-refractivity contribution >= 4 is 11.5 Å². The van der Waals surface area contributed by atoms with Gasteiger partial charge in [-0.15, -0.1) is 0 Å². The maximum atomic E-state index is 5.60. The van der Waals surface area contributed by atoms with Crippen LogP contribution in [0.5, 0.6) is 0 Å². The third-order valence-electron chi connectivity index (χ3n) is 2.72. The molecule has 1 aliphatic rings. The van der Waals surface area contributed by atoms with Gasteiger partial charge in [-0.25, -0.2) is 4.98 Å². The molecule has 2 heterocycles. The van der Waals surface area contributed by atoms with Gasteiger partial charge in [0.25, 0.3) is 0 Å². The lowest BCUT2D eigenvalue weighted by molar-refractivity contribution is 0.0699. The Morgan fingerprint density at radius 3 is 3.00 bits per heavy atom. The molecule has 0 atom stereocenters. The molecule has 2 rings (SSSR count). The fourth-order valence-corrected chi connectivity index (χ4v) is 1.77. The average Bonchev–Trinajstić information content (AvgIpc) is 2.28. The number of aromatic nitrogens is 1. The van der Waals surface area contributed by atoms with E-state index < -0.39 is 0 Å². The quantitative estimate of drug-likeness (QED) is 0.788. The normalized spacial score (nSPS) is 17.6. The second kappa shape index (κ2) is 4.98. The highest BCUT2D eigenvalue weighted by molar-refractivity contribution is 5.49. The van der Waals surface area contributed by atoms with Crippen molar-refractivity contribution in [3.05, 3.63) is 18.3 Å². The van der Waals surface area contributed by atoms with Crippen LogP contribution in [0.25, 0.3) is 0 Å². The molecule has 0 spiro atoms. The predicted molar refractivity (Wildman–Crippen MR) is 60.7 cm³/mol. The molecule has 0 unspecified atom stereocenters. The minimum Gasteiger partial charge on any atom is -0.385 e. The van der Waals surface area contributed by atoms with E-state index in [4.69, 9.17) is 10.5 Å². The summed E-state index contributed by atoms with van der Waals surface area (Å²) in [7, 11) is 0. The molecule has 0 radical (unpaired) electrons. The van der Waals surface area contributed by atoms with Crippen LogP contribution in [0, 0.1) is 5.92 Å². The number of nitrogen functional groups attached to an aromatic ring is 1. The summed E-state index contributed by atoms with van der Waals surface area (Å²) >= 11 is 0. The van der Waals surface area contributed by atoms with Gasteiger partial charge in [0.15, 0.2) is 0 Å². The van der Waals surface area contributed by atoms with Crippen LogP contribution >= 0.6 is 0 Å². The van der Waals surface area contributed by atoms with Crippen molar-refractivity contribution in [2.75, 3.05) is 30.8 Å². The molecule has 4 nitrogen and oxygen atoms in total. The first-order valence-electron chi connectivity index (χ1n) is 5.38. The molecule has 0 aliphatic carbocycles. The molecule has 1 aromatic rings. The standard InChI is InChI=1S/C11H17N3O/c12-11-7-10(1-4-13-11)14-8-9-2-5-15-6-3-9/h1,4,7,9H,2-3,5-6,8H2,(H3,12,13,14). The molecule has 1 fully saturated rings. The first-order valence-corrected chi connectivity index (χ1v) is 5.38. The van der Waals surface area contributed by atoms with Gasteiger partial charge in [-0.05, 0) is 24.8 Å². The monoisotopic (exact) mass is 207 g/mol. The van der Waals surface area contributed by atoms with E-state index in [0.29, 0.717) is 11.7 Å². The fourth-order valence-electron chi connectivity index (χ4n) is 1.77. The van der Waals surface area contributed by atoms with Gasteiger partial charge < -0.3 is 15.8 Å². The number of pyridine rings is 1. The first-order chi connectivity index (χ1) is 7.34. The fraction of sp³-hybridized carbons (Fsp3) is 0.545. The van der Waals surface area contributed by atoms with Crippen molar-refractivity contribution in [2.45, 2.75) is 12.8 Å². The Morgan fingerprint density at radius 1 is 1.47 bits per heavy atom. The number of hydrogen-bond donors (Lipinski definition) is 2. The number of nitrogens with one attached hydrogen (secondary N) is 1.